The zero-order valence-electron chi connectivity index (χ0n) is 13.7. The van der Waals surface area contributed by atoms with E-state index in [0.29, 0.717) is 5.39 Å². The predicted molar refractivity (Wildman–Crippen MR) is 101 cm³/mol. The molecule has 0 aliphatic heterocycles. The van der Waals surface area contributed by atoms with E-state index in [1.165, 1.54) is 24.4 Å². The van der Waals surface area contributed by atoms with Gasteiger partial charge in [0.25, 0.3) is 10.0 Å². The average molecular weight is 391 g/mol. The fourth-order valence-corrected chi connectivity index (χ4v) is 3.79. The summed E-state index contributed by atoms with van der Waals surface area (Å²) in [6.07, 6.45) is 2.62. The zero-order chi connectivity index (χ0) is 18.9. The van der Waals surface area contributed by atoms with Crippen molar-refractivity contribution in [3.8, 4) is 0 Å². The first kappa shape index (κ1) is 18.0. The Bertz CT molecular complexity index is 1120. The maximum Gasteiger partial charge on any atom is 0.269 e. The largest absolute Gasteiger partial charge is 0.387 e. The van der Waals surface area contributed by atoms with Crippen LogP contribution in [0.2, 0.25) is 5.28 Å². The van der Waals surface area contributed by atoms with E-state index in [4.69, 9.17) is 22.7 Å². The van der Waals surface area contributed by atoms with Gasteiger partial charge in [0.2, 0.25) is 5.28 Å². The van der Waals surface area contributed by atoms with E-state index in [1.807, 2.05) is 6.92 Å². The molecule has 0 aliphatic rings. The van der Waals surface area contributed by atoms with E-state index < -0.39 is 10.0 Å². The molecule has 0 unspecified atom stereocenters. The van der Waals surface area contributed by atoms with E-state index in [2.05, 4.69) is 15.0 Å². The maximum atomic E-state index is 12.9. The van der Waals surface area contributed by atoms with Crippen LogP contribution in [0.3, 0.4) is 0 Å². The number of hydrogen-bond acceptors (Lipinski definition) is 6. The lowest BCUT2D eigenvalue weighted by atomic mass is 10.2. The molecule has 3 aromatic rings. The first-order valence-corrected chi connectivity index (χ1v) is 9.33. The Labute approximate surface area is 154 Å². The molecule has 8 nitrogen and oxygen atoms in total. The summed E-state index contributed by atoms with van der Waals surface area (Å²) in [6, 6.07) is 8.03. The number of nitrogens with one attached hydrogen (secondary N) is 1. The molecule has 0 amide bonds. The number of fused-ring (bicyclic) bond motifs is 1. The van der Waals surface area contributed by atoms with Crippen LogP contribution in [0.4, 0.5) is 5.82 Å². The Hall–Kier alpha value is -2.78. The molecular weight excluding hydrogens is 376 g/mol. The predicted octanol–water partition coefficient (Wildman–Crippen LogP) is 2.66. The molecule has 3 N–H and O–H groups in total. The molecule has 0 radical (unpaired) electrons. The van der Waals surface area contributed by atoms with Crippen molar-refractivity contribution in [1.82, 2.24) is 13.9 Å². The van der Waals surface area contributed by atoms with Crippen LogP contribution in [0, 0.1) is 12.3 Å². The lowest BCUT2D eigenvalue weighted by Crippen LogP contribution is -2.13. The molecule has 0 aliphatic carbocycles. The van der Waals surface area contributed by atoms with Gasteiger partial charge in [0.05, 0.1) is 10.3 Å². The summed E-state index contributed by atoms with van der Waals surface area (Å²) in [6.45, 7) is 1.87. The minimum Gasteiger partial charge on any atom is -0.387 e. The smallest absolute Gasteiger partial charge is 0.269 e. The number of aliphatic imine (C=N–C) groups is 1. The second-order valence-electron chi connectivity index (χ2n) is 5.49. The Morgan fingerprint density at radius 3 is 2.65 bits per heavy atom. The average Bonchev–Trinajstić information content (AvgIpc) is 3.00. The molecule has 2 aromatic heterocycles. The first-order valence-electron chi connectivity index (χ1n) is 7.51. The van der Waals surface area contributed by atoms with Crippen LogP contribution in [0.1, 0.15) is 12.0 Å². The van der Waals surface area contributed by atoms with Crippen LogP contribution in [0.5, 0.6) is 0 Å². The summed E-state index contributed by atoms with van der Waals surface area (Å²) in [5, 5.41) is 7.30. The van der Waals surface area contributed by atoms with Gasteiger partial charge in [-0.25, -0.2) is 17.4 Å². The third kappa shape index (κ3) is 3.31. The molecule has 0 spiro atoms. The van der Waals surface area contributed by atoms with Crippen molar-refractivity contribution in [2.75, 3.05) is 0 Å². The highest BCUT2D eigenvalue weighted by atomic mass is 35.5. The fourth-order valence-electron chi connectivity index (χ4n) is 2.34. The van der Waals surface area contributed by atoms with Crippen molar-refractivity contribution in [3.05, 3.63) is 47.4 Å². The minimum absolute atomic E-state index is 0.104. The molecule has 10 heteroatoms. The summed E-state index contributed by atoms with van der Waals surface area (Å²) < 4.78 is 26.9. The molecule has 3 rings (SSSR count). The topological polar surface area (TPSA) is 127 Å². The number of nitrogens with two attached hydrogens (primary N) is 1. The van der Waals surface area contributed by atoms with E-state index in [9.17, 15) is 8.42 Å². The standard InChI is InChI=1S/C16H15ClN6O2S/c1-10-2-4-11(5-3-10)26(24,25)23-9-7-12-14(20-13(19)6-8-18)21-16(17)22-15(12)23/h2-5,7-9,18H,6H2,1H3,(H2,19,20,21,22). The van der Waals surface area contributed by atoms with Gasteiger partial charge in [0.1, 0.15) is 5.84 Å². The lowest BCUT2D eigenvalue weighted by molar-refractivity contribution is 0.588. The molecule has 0 atom stereocenters. The number of rotatable bonds is 5. The van der Waals surface area contributed by atoms with E-state index >= 15 is 0 Å². The van der Waals surface area contributed by atoms with Crippen LogP contribution in [-0.4, -0.2) is 34.4 Å². The Morgan fingerprint density at radius 2 is 2.00 bits per heavy atom. The first-order chi connectivity index (χ1) is 12.3. The molecular formula is C16H15ClN6O2S. The highest BCUT2D eigenvalue weighted by molar-refractivity contribution is 7.90. The third-order valence-electron chi connectivity index (χ3n) is 3.60. The molecule has 0 fully saturated rings. The van der Waals surface area contributed by atoms with Gasteiger partial charge < -0.3 is 11.1 Å². The third-order valence-corrected chi connectivity index (χ3v) is 5.45. The maximum absolute atomic E-state index is 12.9. The Morgan fingerprint density at radius 1 is 1.31 bits per heavy atom. The molecule has 1 aromatic carbocycles. The monoisotopic (exact) mass is 390 g/mol. The number of halogens is 1. The number of amidine groups is 1. The zero-order valence-corrected chi connectivity index (χ0v) is 15.3. The van der Waals surface area contributed by atoms with Gasteiger partial charge in [0.15, 0.2) is 11.5 Å². The van der Waals surface area contributed by atoms with Gasteiger partial charge in [-0.1, -0.05) is 17.7 Å². The van der Waals surface area contributed by atoms with Gasteiger partial charge in [-0.2, -0.15) is 9.97 Å². The summed E-state index contributed by atoms with van der Waals surface area (Å²) in [4.78, 5) is 12.3. The number of nitrogens with zero attached hydrogens (tertiary/aromatic N) is 4. The van der Waals surface area contributed by atoms with Crippen molar-refractivity contribution in [2.24, 2.45) is 10.7 Å². The molecule has 2 heterocycles. The van der Waals surface area contributed by atoms with Gasteiger partial charge in [0, 0.05) is 18.8 Å². The van der Waals surface area contributed by atoms with E-state index in [-0.39, 0.29) is 33.9 Å². The second-order valence-corrected chi connectivity index (χ2v) is 7.65. The summed E-state index contributed by atoms with van der Waals surface area (Å²) in [5.74, 6) is 0.308. The SMILES string of the molecule is Cc1ccc(S(=O)(=O)n2ccc3c(N=C(N)CC=N)nc(Cl)nc32)cc1. The normalized spacial score (nSPS) is 12.5. The number of benzene rings is 1. The van der Waals surface area contributed by atoms with Crippen molar-refractivity contribution in [1.29, 1.82) is 5.41 Å². The van der Waals surface area contributed by atoms with Crippen LogP contribution in [0.25, 0.3) is 11.0 Å². The molecule has 134 valence electrons. The van der Waals surface area contributed by atoms with Gasteiger partial charge in [-0.3, -0.25) is 0 Å². The van der Waals surface area contributed by atoms with Crippen molar-refractivity contribution < 1.29 is 8.42 Å². The summed E-state index contributed by atoms with van der Waals surface area (Å²) >= 11 is 5.94. The van der Waals surface area contributed by atoms with Crippen LogP contribution < -0.4 is 5.73 Å². The highest BCUT2D eigenvalue weighted by Crippen LogP contribution is 2.28. The van der Waals surface area contributed by atoms with Crippen molar-refractivity contribution >= 4 is 50.5 Å². The molecule has 26 heavy (non-hydrogen) atoms. The molecule has 0 bridgehead atoms. The van der Waals surface area contributed by atoms with E-state index in [1.54, 1.807) is 12.1 Å². The quantitative estimate of drug-likeness (QED) is 0.393. The van der Waals surface area contributed by atoms with Gasteiger partial charge in [-0.05, 0) is 36.7 Å². The Kier molecular flexibility index (Phi) is 4.75. The van der Waals surface area contributed by atoms with Gasteiger partial charge in [-0.15, -0.1) is 0 Å². The van der Waals surface area contributed by atoms with Crippen molar-refractivity contribution in [3.63, 3.8) is 0 Å². The lowest BCUT2D eigenvalue weighted by Gasteiger charge is -2.08. The number of aromatic nitrogens is 3. The second kappa shape index (κ2) is 6.85. The summed E-state index contributed by atoms with van der Waals surface area (Å²) in [5.41, 5.74) is 6.78. The fraction of sp³-hybridized carbons (Fsp3) is 0.125. The van der Waals surface area contributed by atoms with Crippen LogP contribution >= 0.6 is 11.6 Å². The number of hydrogen-bond donors (Lipinski definition) is 2. The molecule has 0 saturated heterocycles. The number of aryl methyl sites for hydroxylation is 1. The minimum atomic E-state index is -3.86. The van der Waals surface area contributed by atoms with Crippen LogP contribution in [-0.2, 0) is 10.0 Å². The van der Waals surface area contributed by atoms with Crippen molar-refractivity contribution in [2.45, 2.75) is 18.2 Å². The summed E-state index contributed by atoms with van der Waals surface area (Å²) in [7, 11) is -3.86. The van der Waals surface area contributed by atoms with E-state index in [0.717, 1.165) is 15.8 Å². The molecule has 0 saturated carbocycles. The highest BCUT2D eigenvalue weighted by Gasteiger charge is 2.21. The van der Waals surface area contributed by atoms with Gasteiger partial charge >= 0.3 is 0 Å². The van der Waals surface area contributed by atoms with Crippen LogP contribution in [0.15, 0.2) is 46.4 Å². The Balaban J connectivity index is 2.20.